The molecule has 614 valence electrons. The van der Waals surface area contributed by atoms with Gasteiger partial charge in [-0.3, -0.25) is 24.3 Å². The Balaban J connectivity index is 0.000000183. The molecule has 0 amide bonds. The molecular formula is C87H86F8N8O14. The molecule has 4 aliphatic rings. The fraction of sp³-hybridized carbons (Fsp3) is 0.379. The van der Waals surface area contributed by atoms with E-state index in [1.54, 1.807) is 24.3 Å². The molecule has 22 nitrogen and oxygen atoms in total. The lowest BCUT2D eigenvalue weighted by atomic mass is 9.91. The number of methoxy groups -OCH3 is 2. The third-order valence-corrected chi connectivity index (χ3v) is 22.9. The SMILES string of the molecule is COC(=O)[C@@H]1CCCN1Cc1cc2nc(-c3cccc(-c4cccc(-c5nc6cc(CN(C)[C@@H]7CCC[C@@H]7O)c(OC(F)F)cc6o5)c4C)c3C)oc2cc1OC(F)F.COC(=O)[C@@H]1CCCN1Cc1cc2nc(-c3cccc(-c4cccc(-c5nc6cc(CN[C@@H]7CCC[C@@H]7O)c(OC(F)F)cc6o5)c4C)c3C)oc2cc1OC(F)F. The van der Waals surface area contributed by atoms with Crippen molar-refractivity contribution >= 4 is 56.3 Å². The van der Waals surface area contributed by atoms with Gasteiger partial charge in [-0.15, -0.1) is 0 Å². The number of aliphatic hydroxyl groups excluding tert-OH is 2. The maximum Gasteiger partial charge on any atom is 0.387 e. The number of nitrogens with zero attached hydrogens (tertiary/aromatic N) is 7. The zero-order valence-electron chi connectivity index (χ0n) is 65.1. The minimum Gasteiger partial charge on any atom is -0.468 e. The van der Waals surface area contributed by atoms with E-state index >= 15 is 0 Å². The molecule has 4 aromatic heterocycles. The van der Waals surface area contributed by atoms with E-state index in [-0.39, 0.29) is 107 Å². The van der Waals surface area contributed by atoms with Gasteiger partial charge in [-0.25, -0.2) is 19.9 Å². The lowest BCUT2D eigenvalue weighted by Gasteiger charge is -2.27. The van der Waals surface area contributed by atoms with Gasteiger partial charge in [-0.05, 0) is 205 Å². The zero-order valence-corrected chi connectivity index (χ0v) is 65.1. The van der Waals surface area contributed by atoms with Gasteiger partial charge in [0, 0.05) is 107 Å². The fourth-order valence-electron chi connectivity index (χ4n) is 16.9. The molecule has 0 bridgehead atoms. The summed E-state index contributed by atoms with van der Waals surface area (Å²) in [6.07, 6.45) is 6.52. The molecule has 8 aromatic carbocycles. The number of ether oxygens (including phenoxy) is 6. The van der Waals surface area contributed by atoms with E-state index in [1.165, 1.54) is 38.5 Å². The number of rotatable bonds is 26. The highest BCUT2D eigenvalue weighted by Crippen LogP contribution is 2.44. The Morgan fingerprint density at radius 1 is 0.444 bits per heavy atom. The topological polar surface area (TPSA) is 256 Å². The summed E-state index contributed by atoms with van der Waals surface area (Å²) < 4.78 is 163. The molecule has 2 saturated heterocycles. The molecule has 2 saturated carbocycles. The number of hydrogen-bond donors (Lipinski definition) is 3. The van der Waals surface area contributed by atoms with Crippen LogP contribution in [0.4, 0.5) is 35.1 Å². The number of fused-ring (bicyclic) bond motifs is 4. The van der Waals surface area contributed by atoms with E-state index in [0.29, 0.717) is 117 Å². The molecule has 117 heavy (non-hydrogen) atoms. The number of alkyl halides is 8. The van der Waals surface area contributed by atoms with E-state index in [1.807, 2.05) is 122 Å². The summed E-state index contributed by atoms with van der Waals surface area (Å²) in [5, 5.41) is 24.0. The number of carbonyl (C=O) groups is 2. The van der Waals surface area contributed by atoms with Gasteiger partial charge in [0.05, 0.1) is 26.4 Å². The van der Waals surface area contributed by atoms with Crippen LogP contribution in [0.25, 0.3) is 112 Å². The maximum atomic E-state index is 13.6. The van der Waals surface area contributed by atoms with Crippen LogP contribution in [0.1, 0.15) is 109 Å². The Morgan fingerprint density at radius 2 is 0.769 bits per heavy atom. The normalized spacial score (nSPS) is 18.6. The molecule has 6 atom stereocenters. The summed E-state index contributed by atoms with van der Waals surface area (Å²) in [6.45, 7) is -2.45. The van der Waals surface area contributed by atoms with E-state index in [4.69, 9.17) is 66.0 Å². The average Bonchev–Trinajstić information content (AvgIpc) is 1.57. The first-order valence-electron chi connectivity index (χ1n) is 38.7. The van der Waals surface area contributed by atoms with Crippen molar-refractivity contribution in [1.82, 2.24) is 40.0 Å². The van der Waals surface area contributed by atoms with Crippen molar-refractivity contribution in [3.05, 3.63) is 166 Å². The van der Waals surface area contributed by atoms with Crippen LogP contribution in [0.5, 0.6) is 23.0 Å². The summed E-state index contributed by atoms with van der Waals surface area (Å²) in [7, 11) is 4.51. The molecule has 0 radical (unpaired) electrons. The number of benzene rings is 8. The third kappa shape index (κ3) is 17.3. The number of esters is 2. The molecule has 2 aliphatic heterocycles. The molecule has 0 unspecified atom stereocenters. The second kappa shape index (κ2) is 34.7. The van der Waals surface area contributed by atoms with Gasteiger partial charge in [0.2, 0.25) is 23.6 Å². The van der Waals surface area contributed by atoms with Crippen molar-refractivity contribution in [3.63, 3.8) is 0 Å². The van der Waals surface area contributed by atoms with Crippen LogP contribution in [-0.4, -0.2) is 154 Å². The third-order valence-electron chi connectivity index (χ3n) is 22.9. The van der Waals surface area contributed by atoms with E-state index in [2.05, 4.69) is 5.32 Å². The molecule has 16 rings (SSSR count). The Kier molecular flexibility index (Phi) is 24.0. The molecular weight excluding hydrogens is 1530 g/mol. The number of hydrogen-bond acceptors (Lipinski definition) is 22. The minimum absolute atomic E-state index is 0.0144. The molecule has 30 heteroatoms. The number of aliphatic hydroxyl groups is 2. The maximum absolute atomic E-state index is 13.6. The number of aromatic nitrogens is 4. The van der Waals surface area contributed by atoms with Crippen LogP contribution in [0.15, 0.2) is 139 Å². The average molecular weight is 1620 g/mol. The second-order valence-corrected chi connectivity index (χ2v) is 30.0. The van der Waals surface area contributed by atoms with E-state index in [0.717, 1.165) is 83.0 Å². The smallest absolute Gasteiger partial charge is 0.387 e. The molecule has 12 aromatic rings. The Hall–Kier alpha value is -11.0. The quantitative estimate of drug-likeness (QED) is 0.0336. The zero-order chi connectivity index (χ0) is 82.2. The van der Waals surface area contributed by atoms with E-state index in [9.17, 15) is 54.9 Å². The van der Waals surface area contributed by atoms with Crippen LogP contribution in [0.2, 0.25) is 0 Å². The molecule has 2 aliphatic carbocycles. The summed E-state index contributed by atoms with van der Waals surface area (Å²) in [6, 6.07) is 34.0. The summed E-state index contributed by atoms with van der Waals surface area (Å²) in [5.41, 5.74) is 14.4. The van der Waals surface area contributed by atoms with Gasteiger partial charge < -0.3 is 61.6 Å². The van der Waals surface area contributed by atoms with Crippen molar-refractivity contribution in [2.45, 2.75) is 181 Å². The highest BCUT2D eigenvalue weighted by molar-refractivity contribution is 5.89. The van der Waals surface area contributed by atoms with Crippen LogP contribution in [0.3, 0.4) is 0 Å². The Labute approximate surface area is 666 Å². The van der Waals surface area contributed by atoms with Gasteiger partial charge in [0.1, 0.15) is 57.1 Å². The minimum atomic E-state index is -3.07. The number of oxazole rings is 4. The fourth-order valence-corrected chi connectivity index (χ4v) is 16.9. The van der Waals surface area contributed by atoms with E-state index < -0.39 is 50.7 Å². The molecule has 4 fully saturated rings. The number of likely N-dealkylation sites (tertiary alicyclic amines) is 2. The molecule has 6 heterocycles. The summed E-state index contributed by atoms with van der Waals surface area (Å²) >= 11 is 0. The second-order valence-electron chi connectivity index (χ2n) is 30.0. The molecule has 3 N–H and O–H groups in total. The number of carbonyl (C=O) groups excluding carboxylic acids is 2. The van der Waals surface area contributed by atoms with Gasteiger partial charge in [-0.2, -0.15) is 35.1 Å². The van der Waals surface area contributed by atoms with Gasteiger partial charge in [0.15, 0.2) is 22.3 Å². The first-order chi connectivity index (χ1) is 56.3. The van der Waals surface area contributed by atoms with Crippen LogP contribution in [-0.2, 0) is 45.2 Å². The predicted octanol–water partition coefficient (Wildman–Crippen LogP) is 18.2. The van der Waals surface area contributed by atoms with Crippen molar-refractivity contribution in [1.29, 1.82) is 0 Å². The highest BCUT2D eigenvalue weighted by atomic mass is 19.3. The van der Waals surface area contributed by atoms with Crippen LogP contribution >= 0.6 is 0 Å². The lowest BCUT2D eigenvalue weighted by molar-refractivity contribution is -0.146. The largest absolute Gasteiger partial charge is 0.468 e. The van der Waals surface area contributed by atoms with Crippen molar-refractivity contribution in [2.24, 2.45) is 0 Å². The first kappa shape index (κ1) is 81.1. The van der Waals surface area contributed by atoms with Gasteiger partial charge in [0.25, 0.3) is 0 Å². The summed E-state index contributed by atoms with van der Waals surface area (Å²) in [5.74, 6) is 0.243. The van der Waals surface area contributed by atoms with Crippen LogP contribution < -0.4 is 24.3 Å². The monoisotopic (exact) mass is 1620 g/mol. The van der Waals surface area contributed by atoms with Crippen molar-refractivity contribution in [2.75, 3.05) is 34.4 Å². The van der Waals surface area contributed by atoms with Gasteiger partial charge in [-0.1, -0.05) is 48.5 Å². The van der Waals surface area contributed by atoms with Crippen LogP contribution in [0, 0.1) is 27.7 Å². The number of nitrogens with one attached hydrogen (secondary N) is 1. The van der Waals surface area contributed by atoms with Gasteiger partial charge >= 0.3 is 38.4 Å². The lowest BCUT2D eigenvalue weighted by Crippen LogP contribution is -2.37. The highest BCUT2D eigenvalue weighted by Gasteiger charge is 2.36. The number of likely N-dealkylation sites (N-methyl/N-ethyl adjacent to an activating group) is 1. The Bertz CT molecular complexity index is 5660. The van der Waals surface area contributed by atoms with Crippen molar-refractivity contribution in [3.8, 4) is 91.1 Å². The predicted molar refractivity (Wildman–Crippen MR) is 418 cm³/mol. The standard InChI is InChI=1S/C44H44F4N4O7.C43H42F4N4O7/c1-23-27(9-5-11-29(23)40-49-31-17-25(21-51(3)33-13-7-15-35(33)53)36(58-43(45)46)19-38(31)56-40)28-10-6-12-30(24(28)2)41-50-32-18-26(37(59-44(47)48)20-39(32)57-41)22-52-16-8-14-34(52)42(54)55-4;1-22-26(8-4-10-28(22)39-49-31-16-24(20-48-30-12-6-14-34(30)52)35(57-42(44)45)18-37(31)55-39)27-9-5-11-29(23(27)2)40-50-32-17-25(36(58-43(46)47)19-38(32)56-40)21-51-15-7-13-33(51)41(53)54-3/h5-6,9-12,17-20,33-35,43-44,53H,7-8,13-16,21-22H2,1-4H3;4-5,8-11,16-19,30,33-34,42-43,48,52H,6-7,12-15,20-21H2,1-3H3/t33-,34+,35+;30-,33+,34+/m11/s1. The molecule has 0 spiro atoms. The Morgan fingerprint density at radius 3 is 1.10 bits per heavy atom. The van der Waals surface area contributed by atoms with Crippen molar-refractivity contribution < 1.29 is 101 Å². The number of halogens is 8. The first-order valence-corrected chi connectivity index (χ1v) is 38.7. The summed E-state index contributed by atoms with van der Waals surface area (Å²) in [4.78, 5) is 49.6.